The summed E-state index contributed by atoms with van der Waals surface area (Å²) in [6.45, 7) is 0. The lowest BCUT2D eigenvalue weighted by Crippen LogP contribution is -2.09. The third kappa shape index (κ3) is 5.81. The van der Waals surface area contributed by atoms with Crippen LogP contribution < -0.4 is 4.90 Å². The van der Waals surface area contributed by atoms with Gasteiger partial charge in [-0.3, -0.25) is 0 Å². The average Bonchev–Trinajstić information content (AvgIpc) is 3.62. The molecule has 0 atom stereocenters. The first-order valence-electron chi connectivity index (χ1n) is 18.4. The largest absolute Gasteiger partial charge is 0.456 e. The Morgan fingerprint density at radius 2 is 0.759 bits per heavy atom. The second-order valence-corrected chi connectivity index (χ2v) is 13.8. The summed E-state index contributed by atoms with van der Waals surface area (Å²) in [4.78, 5) is 2.30. The molecule has 254 valence electrons. The normalized spacial score (nSPS) is 11.3. The van der Waals surface area contributed by atoms with Gasteiger partial charge < -0.3 is 9.32 Å². The minimum absolute atomic E-state index is 0.874. The molecule has 0 spiro atoms. The standard InChI is InChI=1S/C52H35NO/c1-2-10-36(11-3-1)38-24-28-44(29-25-38)53(46-32-33-50-49-17-6-7-19-51(49)54-52(50)35-46)45-30-26-39(27-31-45)37-20-22-40(23-21-37)42-14-8-15-43(34-42)48-18-9-13-41-12-4-5-16-47(41)48/h1-35H. The van der Waals surface area contributed by atoms with Gasteiger partial charge >= 0.3 is 0 Å². The van der Waals surface area contributed by atoms with Crippen LogP contribution in [-0.2, 0) is 0 Å². The quantitative estimate of drug-likeness (QED) is 0.166. The molecule has 0 unspecified atom stereocenters. The van der Waals surface area contributed by atoms with E-state index in [0.717, 1.165) is 39.0 Å². The lowest BCUT2D eigenvalue weighted by molar-refractivity contribution is 0.669. The number of nitrogens with zero attached hydrogens (tertiary/aromatic N) is 1. The predicted octanol–water partition coefficient (Wildman–Crippen LogP) is 14.9. The van der Waals surface area contributed by atoms with Crippen LogP contribution >= 0.6 is 0 Å². The maximum atomic E-state index is 6.33. The van der Waals surface area contributed by atoms with Crippen molar-refractivity contribution < 1.29 is 4.42 Å². The van der Waals surface area contributed by atoms with Gasteiger partial charge in [-0.25, -0.2) is 0 Å². The predicted molar refractivity (Wildman–Crippen MR) is 228 cm³/mol. The molecule has 54 heavy (non-hydrogen) atoms. The fraction of sp³-hybridized carbons (Fsp3) is 0. The Hall–Kier alpha value is -7.16. The van der Waals surface area contributed by atoms with Crippen molar-refractivity contribution in [2.45, 2.75) is 0 Å². The van der Waals surface area contributed by atoms with Crippen molar-refractivity contribution in [2.24, 2.45) is 0 Å². The smallest absolute Gasteiger partial charge is 0.137 e. The fourth-order valence-corrected chi connectivity index (χ4v) is 7.74. The first-order valence-corrected chi connectivity index (χ1v) is 18.4. The van der Waals surface area contributed by atoms with Crippen LogP contribution in [0.15, 0.2) is 217 Å². The molecule has 1 aromatic heterocycles. The van der Waals surface area contributed by atoms with Gasteiger partial charge in [0.05, 0.1) is 0 Å². The topological polar surface area (TPSA) is 16.4 Å². The molecule has 0 N–H and O–H groups in total. The third-order valence-corrected chi connectivity index (χ3v) is 10.5. The molecule has 2 heteroatoms. The molecule has 10 rings (SSSR count). The van der Waals surface area contributed by atoms with Gasteiger partial charge in [0.15, 0.2) is 0 Å². The summed E-state index contributed by atoms with van der Waals surface area (Å²) in [5, 5.41) is 4.78. The molecule has 1 heterocycles. The fourth-order valence-electron chi connectivity index (χ4n) is 7.74. The molecule has 2 nitrogen and oxygen atoms in total. The van der Waals surface area contributed by atoms with E-state index < -0.39 is 0 Å². The third-order valence-electron chi connectivity index (χ3n) is 10.5. The lowest BCUT2D eigenvalue weighted by atomic mass is 9.94. The number of benzene rings is 9. The Bertz CT molecular complexity index is 2900. The maximum Gasteiger partial charge on any atom is 0.137 e. The SMILES string of the molecule is c1ccc(-c2ccc(N(c3ccc(-c4ccc(-c5cccc(-c6cccc7ccccc67)c5)cc4)cc3)c3ccc4c(c3)oc3ccccc34)cc2)cc1. The number of para-hydroxylation sites is 1. The summed E-state index contributed by atoms with van der Waals surface area (Å²) in [6, 6.07) is 75.8. The van der Waals surface area contributed by atoms with Crippen molar-refractivity contribution in [1.29, 1.82) is 0 Å². The number of fused-ring (bicyclic) bond motifs is 4. The summed E-state index contributed by atoms with van der Waals surface area (Å²) in [5.41, 5.74) is 14.6. The van der Waals surface area contributed by atoms with Gasteiger partial charge in [-0.2, -0.15) is 0 Å². The van der Waals surface area contributed by atoms with Crippen LogP contribution in [0.5, 0.6) is 0 Å². The van der Waals surface area contributed by atoms with E-state index in [9.17, 15) is 0 Å². The van der Waals surface area contributed by atoms with Crippen LogP contribution in [0, 0.1) is 0 Å². The van der Waals surface area contributed by atoms with Crippen LogP contribution in [0.4, 0.5) is 17.1 Å². The molecule has 0 bridgehead atoms. The molecule has 0 saturated carbocycles. The Kier molecular flexibility index (Phi) is 7.85. The van der Waals surface area contributed by atoms with Gasteiger partial charge in [-0.15, -0.1) is 0 Å². The van der Waals surface area contributed by atoms with Gasteiger partial charge in [-0.1, -0.05) is 158 Å². The summed E-state index contributed by atoms with van der Waals surface area (Å²) in [5.74, 6) is 0. The average molecular weight is 690 g/mol. The van der Waals surface area contributed by atoms with Gasteiger partial charge in [0.25, 0.3) is 0 Å². The highest BCUT2D eigenvalue weighted by Crippen LogP contribution is 2.40. The van der Waals surface area contributed by atoms with E-state index in [1.54, 1.807) is 0 Å². The summed E-state index contributed by atoms with van der Waals surface area (Å²) in [6.07, 6.45) is 0. The van der Waals surface area contributed by atoms with Crippen molar-refractivity contribution >= 4 is 49.8 Å². The molecule has 0 saturated heterocycles. The molecule has 0 aliphatic carbocycles. The molecule has 10 aromatic rings. The van der Waals surface area contributed by atoms with E-state index in [1.165, 1.54) is 55.3 Å². The molecular weight excluding hydrogens is 655 g/mol. The lowest BCUT2D eigenvalue weighted by Gasteiger charge is -2.26. The van der Waals surface area contributed by atoms with E-state index in [4.69, 9.17) is 4.42 Å². The van der Waals surface area contributed by atoms with Gasteiger partial charge in [0, 0.05) is 33.9 Å². The first kappa shape index (κ1) is 31.6. The maximum absolute atomic E-state index is 6.33. The number of hydrogen-bond donors (Lipinski definition) is 0. The molecule has 0 aliphatic rings. The molecular formula is C52H35NO. The number of furan rings is 1. The van der Waals surface area contributed by atoms with Crippen molar-refractivity contribution in [2.75, 3.05) is 4.90 Å². The van der Waals surface area contributed by atoms with E-state index in [2.05, 4.69) is 205 Å². The molecule has 0 fully saturated rings. The van der Waals surface area contributed by atoms with Crippen molar-refractivity contribution in [3.05, 3.63) is 212 Å². The summed E-state index contributed by atoms with van der Waals surface area (Å²) < 4.78 is 6.33. The minimum atomic E-state index is 0.874. The Morgan fingerprint density at radius 1 is 0.278 bits per heavy atom. The number of anilines is 3. The molecule has 0 aliphatic heterocycles. The van der Waals surface area contributed by atoms with Crippen LogP contribution in [0.3, 0.4) is 0 Å². The van der Waals surface area contributed by atoms with Crippen LogP contribution in [-0.4, -0.2) is 0 Å². The van der Waals surface area contributed by atoms with Crippen LogP contribution in [0.1, 0.15) is 0 Å². The van der Waals surface area contributed by atoms with Crippen LogP contribution in [0.2, 0.25) is 0 Å². The van der Waals surface area contributed by atoms with E-state index in [-0.39, 0.29) is 0 Å². The van der Waals surface area contributed by atoms with E-state index in [1.807, 2.05) is 12.1 Å². The Balaban J connectivity index is 0.973. The highest BCUT2D eigenvalue weighted by molar-refractivity contribution is 6.06. The number of rotatable bonds is 7. The highest BCUT2D eigenvalue weighted by Gasteiger charge is 2.16. The van der Waals surface area contributed by atoms with Gasteiger partial charge in [0.1, 0.15) is 11.2 Å². The highest BCUT2D eigenvalue weighted by atomic mass is 16.3. The van der Waals surface area contributed by atoms with Crippen molar-refractivity contribution in [1.82, 2.24) is 0 Å². The zero-order chi connectivity index (χ0) is 35.8. The van der Waals surface area contributed by atoms with Gasteiger partial charge in [-0.05, 0) is 104 Å². The summed E-state index contributed by atoms with van der Waals surface area (Å²) in [7, 11) is 0. The first-order chi connectivity index (χ1) is 26.7. The van der Waals surface area contributed by atoms with Crippen molar-refractivity contribution in [3.8, 4) is 44.5 Å². The van der Waals surface area contributed by atoms with E-state index >= 15 is 0 Å². The van der Waals surface area contributed by atoms with Crippen LogP contribution in [0.25, 0.3) is 77.2 Å². The molecule has 0 amide bonds. The van der Waals surface area contributed by atoms with Gasteiger partial charge in [0.2, 0.25) is 0 Å². The van der Waals surface area contributed by atoms with E-state index in [0.29, 0.717) is 0 Å². The molecule has 0 radical (unpaired) electrons. The Labute approximate surface area is 314 Å². The zero-order valence-electron chi connectivity index (χ0n) is 29.6. The molecule has 9 aromatic carbocycles. The number of hydrogen-bond acceptors (Lipinski definition) is 2. The Morgan fingerprint density at radius 3 is 1.48 bits per heavy atom. The minimum Gasteiger partial charge on any atom is -0.456 e. The monoisotopic (exact) mass is 689 g/mol. The second-order valence-electron chi connectivity index (χ2n) is 13.8. The zero-order valence-corrected chi connectivity index (χ0v) is 29.6. The second kappa shape index (κ2) is 13.4. The van der Waals surface area contributed by atoms with Crippen molar-refractivity contribution in [3.63, 3.8) is 0 Å². The summed E-state index contributed by atoms with van der Waals surface area (Å²) >= 11 is 0.